The molecule has 116 valence electrons. The van der Waals surface area contributed by atoms with Gasteiger partial charge in [0.2, 0.25) is 0 Å². The Kier molecular flexibility index (Phi) is 11.6. The van der Waals surface area contributed by atoms with Crippen LogP contribution in [0.3, 0.4) is 0 Å². The summed E-state index contributed by atoms with van der Waals surface area (Å²) < 4.78 is 11.1. The highest BCUT2D eigenvalue weighted by Gasteiger charge is 2.17. The standard InChI is InChI=1S/C16H35NO2/c1-6-9-10-12-16(4,5)14-17-13-11-15(18-7-2)19-8-3/h15,17H,6-14H2,1-5H3. The Morgan fingerprint density at radius 3 is 2.16 bits per heavy atom. The van der Waals surface area contributed by atoms with Crippen LogP contribution in [0, 0.1) is 5.41 Å². The van der Waals surface area contributed by atoms with Crippen molar-refractivity contribution in [3.05, 3.63) is 0 Å². The van der Waals surface area contributed by atoms with Crippen molar-refractivity contribution in [3.63, 3.8) is 0 Å². The summed E-state index contributed by atoms with van der Waals surface area (Å²) in [5.41, 5.74) is 0.391. The third kappa shape index (κ3) is 11.4. The van der Waals surface area contributed by atoms with Crippen LogP contribution in [0.4, 0.5) is 0 Å². The number of rotatable bonds is 13. The molecule has 0 saturated carbocycles. The second-order valence-corrected chi connectivity index (χ2v) is 5.93. The van der Waals surface area contributed by atoms with Crippen LogP contribution in [-0.4, -0.2) is 32.6 Å². The Balaban J connectivity index is 3.69. The van der Waals surface area contributed by atoms with E-state index in [9.17, 15) is 0 Å². The number of nitrogens with one attached hydrogen (secondary N) is 1. The third-order valence-corrected chi connectivity index (χ3v) is 3.32. The molecule has 0 rings (SSSR count). The molecule has 0 aliphatic carbocycles. The van der Waals surface area contributed by atoms with Crippen LogP contribution in [0.1, 0.15) is 66.7 Å². The van der Waals surface area contributed by atoms with Crippen molar-refractivity contribution >= 4 is 0 Å². The zero-order valence-corrected chi connectivity index (χ0v) is 13.8. The lowest BCUT2D eigenvalue weighted by Crippen LogP contribution is -2.32. The Bertz CT molecular complexity index is 189. The molecule has 0 atom stereocenters. The minimum Gasteiger partial charge on any atom is -0.353 e. The summed E-state index contributed by atoms with van der Waals surface area (Å²) in [5.74, 6) is 0. The van der Waals surface area contributed by atoms with Crippen molar-refractivity contribution in [1.29, 1.82) is 0 Å². The summed E-state index contributed by atoms with van der Waals surface area (Å²) in [7, 11) is 0. The predicted octanol–water partition coefficient (Wildman–Crippen LogP) is 3.97. The smallest absolute Gasteiger partial charge is 0.158 e. The molecule has 0 aromatic carbocycles. The topological polar surface area (TPSA) is 30.5 Å². The molecule has 0 bridgehead atoms. The fourth-order valence-electron chi connectivity index (χ4n) is 2.18. The van der Waals surface area contributed by atoms with Gasteiger partial charge < -0.3 is 14.8 Å². The van der Waals surface area contributed by atoms with Gasteiger partial charge in [0.15, 0.2) is 6.29 Å². The largest absolute Gasteiger partial charge is 0.353 e. The van der Waals surface area contributed by atoms with Gasteiger partial charge in [-0.3, -0.25) is 0 Å². The van der Waals surface area contributed by atoms with Gasteiger partial charge in [0, 0.05) is 26.2 Å². The summed E-state index contributed by atoms with van der Waals surface area (Å²) >= 11 is 0. The van der Waals surface area contributed by atoms with Crippen LogP contribution in [0.2, 0.25) is 0 Å². The van der Waals surface area contributed by atoms with Gasteiger partial charge in [-0.2, -0.15) is 0 Å². The van der Waals surface area contributed by atoms with Crippen molar-refractivity contribution in [1.82, 2.24) is 5.32 Å². The van der Waals surface area contributed by atoms with Crippen LogP contribution in [0.25, 0.3) is 0 Å². The van der Waals surface area contributed by atoms with Crippen molar-refractivity contribution in [2.24, 2.45) is 5.41 Å². The predicted molar refractivity (Wildman–Crippen MR) is 82.4 cm³/mol. The van der Waals surface area contributed by atoms with E-state index in [1.807, 2.05) is 13.8 Å². The van der Waals surface area contributed by atoms with Gasteiger partial charge in [0.05, 0.1) is 0 Å². The van der Waals surface area contributed by atoms with E-state index in [2.05, 4.69) is 26.1 Å². The van der Waals surface area contributed by atoms with E-state index in [0.717, 1.165) is 19.5 Å². The first-order valence-electron chi connectivity index (χ1n) is 7.99. The van der Waals surface area contributed by atoms with E-state index in [0.29, 0.717) is 18.6 Å². The molecule has 0 amide bonds. The lowest BCUT2D eigenvalue weighted by atomic mass is 9.87. The highest BCUT2D eigenvalue weighted by molar-refractivity contribution is 4.71. The van der Waals surface area contributed by atoms with Crippen molar-refractivity contribution < 1.29 is 9.47 Å². The molecule has 0 radical (unpaired) electrons. The molecular formula is C16H35NO2. The summed E-state index contributed by atoms with van der Waals surface area (Å²) in [6.07, 6.45) is 6.16. The van der Waals surface area contributed by atoms with Gasteiger partial charge in [-0.1, -0.05) is 40.0 Å². The molecular weight excluding hydrogens is 238 g/mol. The highest BCUT2D eigenvalue weighted by Crippen LogP contribution is 2.22. The summed E-state index contributed by atoms with van der Waals surface area (Å²) in [6.45, 7) is 14.4. The third-order valence-electron chi connectivity index (χ3n) is 3.32. The lowest BCUT2D eigenvalue weighted by molar-refractivity contribution is -0.138. The van der Waals surface area contributed by atoms with E-state index in [1.165, 1.54) is 25.7 Å². The minimum atomic E-state index is -0.0503. The van der Waals surface area contributed by atoms with Crippen molar-refractivity contribution in [3.8, 4) is 0 Å². The molecule has 0 unspecified atom stereocenters. The quantitative estimate of drug-likeness (QED) is 0.407. The zero-order chi connectivity index (χ0) is 14.6. The molecule has 0 fully saturated rings. The maximum Gasteiger partial charge on any atom is 0.158 e. The molecule has 0 saturated heterocycles. The molecule has 1 N–H and O–H groups in total. The van der Waals surface area contributed by atoms with Gasteiger partial charge in [0.1, 0.15) is 0 Å². The number of hydrogen-bond acceptors (Lipinski definition) is 3. The van der Waals surface area contributed by atoms with E-state index in [-0.39, 0.29) is 6.29 Å². The molecule has 0 spiro atoms. The van der Waals surface area contributed by atoms with Crippen LogP contribution in [0.5, 0.6) is 0 Å². The van der Waals surface area contributed by atoms with Crippen molar-refractivity contribution in [2.75, 3.05) is 26.3 Å². The van der Waals surface area contributed by atoms with Crippen LogP contribution < -0.4 is 5.32 Å². The highest BCUT2D eigenvalue weighted by atomic mass is 16.7. The van der Waals surface area contributed by atoms with Crippen LogP contribution in [-0.2, 0) is 9.47 Å². The molecule has 3 heteroatoms. The molecule has 0 aliphatic rings. The first-order valence-corrected chi connectivity index (χ1v) is 7.99. The first kappa shape index (κ1) is 18.9. The normalized spacial score (nSPS) is 12.3. The molecule has 19 heavy (non-hydrogen) atoms. The van der Waals surface area contributed by atoms with Gasteiger partial charge in [-0.05, 0) is 32.2 Å². The van der Waals surface area contributed by atoms with Crippen LogP contribution in [0.15, 0.2) is 0 Å². The average Bonchev–Trinajstić information content (AvgIpc) is 2.35. The average molecular weight is 273 g/mol. The zero-order valence-electron chi connectivity index (χ0n) is 13.8. The SMILES string of the molecule is CCCCCC(C)(C)CNCCC(OCC)OCC. The molecule has 0 aromatic rings. The Labute approximate surface area is 120 Å². The summed E-state index contributed by atoms with van der Waals surface area (Å²) in [5, 5.41) is 3.54. The van der Waals surface area contributed by atoms with Crippen molar-refractivity contribution in [2.45, 2.75) is 73.0 Å². The van der Waals surface area contributed by atoms with Gasteiger partial charge in [-0.25, -0.2) is 0 Å². The van der Waals surface area contributed by atoms with Crippen LogP contribution >= 0.6 is 0 Å². The molecule has 0 aromatic heterocycles. The maximum atomic E-state index is 5.53. The molecule has 0 heterocycles. The van der Waals surface area contributed by atoms with Gasteiger partial charge >= 0.3 is 0 Å². The Hall–Kier alpha value is -0.120. The van der Waals surface area contributed by atoms with Gasteiger partial charge in [-0.15, -0.1) is 0 Å². The van der Waals surface area contributed by atoms with E-state index < -0.39 is 0 Å². The fourth-order valence-corrected chi connectivity index (χ4v) is 2.18. The molecule has 3 nitrogen and oxygen atoms in total. The van der Waals surface area contributed by atoms with Gasteiger partial charge in [0.25, 0.3) is 0 Å². The maximum absolute atomic E-state index is 5.53. The Morgan fingerprint density at radius 2 is 1.63 bits per heavy atom. The second-order valence-electron chi connectivity index (χ2n) is 5.93. The number of unbranched alkanes of at least 4 members (excludes halogenated alkanes) is 2. The second kappa shape index (κ2) is 11.7. The first-order chi connectivity index (χ1) is 9.05. The lowest BCUT2D eigenvalue weighted by Gasteiger charge is -2.25. The van der Waals surface area contributed by atoms with E-state index in [1.54, 1.807) is 0 Å². The monoisotopic (exact) mass is 273 g/mol. The molecule has 0 aliphatic heterocycles. The summed E-state index contributed by atoms with van der Waals surface area (Å²) in [6, 6.07) is 0. The number of hydrogen-bond donors (Lipinski definition) is 1. The van der Waals surface area contributed by atoms with E-state index >= 15 is 0 Å². The number of ether oxygens (including phenoxy) is 2. The van der Waals surface area contributed by atoms with E-state index in [4.69, 9.17) is 9.47 Å². The Morgan fingerprint density at radius 1 is 1.00 bits per heavy atom. The fraction of sp³-hybridized carbons (Fsp3) is 1.00. The summed E-state index contributed by atoms with van der Waals surface area (Å²) in [4.78, 5) is 0. The minimum absolute atomic E-state index is 0.0503.